The predicted molar refractivity (Wildman–Crippen MR) is 78.1 cm³/mol. The highest BCUT2D eigenvalue weighted by atomic mass is 19.1. The Morgan fingerprint density at radius 2 is 2.18 bits per heavy atom. The van der Waals surface area contributed by atoms with E-state index in [1.165, 1.54) is 18.9 Å². The molecule has 4 rings (SSSR count). The van der Waals surface area contributed by atoms with E-state index in [9.17, 15) is 9.50 Å². The minimum atomic E-state index is -0.394. The summed E-state index contributed by atoms with van der Waals surface area (Å²) in [6, 6.07) is 4.79. The molecule has 1 unspecified atom stereocenters. The van der Waals surface area contributed by atoms with Crippen LogP contribution in [0, 0.1) is 11.7 Å². The Balaban J connectivity index is 1.55. The molecule has 1 aromatic carbocycles. The molecule has 0 amide bonds. The lowest BCUT2D eigenvalue weighted by Crippen LogP contribution is -2.17. The molecule has 0 radical (unpaired) electrons. The molecule has 5 heteroatoms. The van der Waals surface area contributed by atoms with Crippen LogP contribution in [0.15, 0.2) is 22.6 Å². The lowest BCUT2D eigenvalue weighted by atomic mass is 9.99. The first kappa shape index (κ1) is 13.8. The van der Waals surface area contributed by atoms with Crippen LogP contribution < -0.4 is 4.74 Å². The molecule has 1 heterocycles. The number of halogens is 1. The molecule has 1 atom stereocenters. The van der Waals surface area contributed by atoms with Gasteiger partial charge in [0.1, 0.15) is 5.76 Å². The number of hydrogen-bond donors (Lipinski definition) is 1. The van der Waals surface area contributed by atoms with Crippen LogP contribution >= 0.6 is 0 Å². The molecule has 0 aliphatic heterocycles. The maximum atomic E-state index is 14.1. The van der Waals surface area contributed by atoms with Crippen molar-refractivity contribution in [1.82, 2.24) is 4.98 Å². The van der Waals surface area contributed by atoms with Crippen LogP contribution in [0.5, 0.6) is 5.75 Å². The van der Waals surface area contributed by atoms with Gasteiger partial charge in [0.25, 0.3) is 0 Å². The highest BCUT2D eigenvalue weighted by Gasteiger charge is 2.24. The van der Waals surface area contributed by atoms with E-state index in [4.69, 9.17) is 9.15 Å². The Morgan fingerprint density at radius 1 is 1.32 bits per heavy atom. The van der Waals surface area contributed by atoms with E-state index in [0.29, 0.717) is 49.0 Å². The van der Waals surface area contributed by atoms with Crippen LogP contribution in [0.25, 0.3) is 11.5 Å². The summed E-state index contributed by atoms with van der Waals surface area (Å²) < 4.78 is 25.3. The minimum absolute atomic E-state index is 0.280. The molecule has 0 saturated heterocycles. The van der Waals surface area contributed by atoms with Crippen molar-refractivity contribution in [2.45, 2.75) is 38.2 Å². The van der Waals surface area contributed by atoms with Crippen LogP contribution in [0.3, 0.4) is 0 Å². The zero-order valence-corrected chi connectivity index (χ0v) is 12.2. The van der Waals surface area contributed by atoms with Crippen molar-refractivity contribution in [2.24, 2.45) is 5.92 Å². The molecule has 22 heavy (non-hydrogen) atoms. The quantitative estimate of drug-likeness (QED) is 0.943. The molecule has 116 valence electrons. The number of rotatable bonds is 4. The first-order valence-corrected chi connectivity index (χ1v) is 7.78. The molecule has 0 bridgehead atoms. The summed E-state index contributed by atoms with van der Waals surface area (Å²) in [6.07, 6.45) is 3.85. The zero-order valence-electron chi connectivity index (χ0n) is 12.2. The summed E-state index contributed by atoms with van der Waals surface area (Å²) in [5.74, 6) is 1.59. The molecule has 1 fully saturated rings. The van der Waals surface area contributed by atoms with Crippen LogP contribution in [-0.2, 0) is 12.8 Å². The SMILES string of the molecule is OC1CCc2nc(-c3ccc(OCC4CC4)c(F)c3)oc2C1. The van der Waals surface area contributed by atoms with Crippen LogP contribution in [0.1, 0.15) is 30.7 Å². The van der Waals surface area contributed by atoms with Gasteiger partial charge in [0.15, 0.2) is 11.6 Å². The average Bonchev–Trinajstić information content (AvgIpc) is 3.23. The summed E-state index contributed by atoms with van der Waals surface area (Å²) >= 11 is 0. The van der Waals surface area contributed by atoms with E-state index in [0.717, 1.165) is 5.69 Å². The zero-order chi connectivity index (χ0) is 15.1. The van der Waals surface area contributed by atoms with Crippen LogP contribution in [0.4, 0.5) is 4.39 Å². The van der Waals surface area contributed by atoms with E-state index in [1.54, 1.807) is 12.1 Å². The minimum Gasteiger partial charge on any atom is -0.490 e. The van der Waals surface area contributed by atoms with Crippen molar-refractivity contribution in [3.8, 4) is 17.2 Å². The van der Waals surface area contributed by atoms with Gasteiger partial charge < -0.3 is 14.3 Å². The van der Waals surface area contributed by atoms with Crippen LogP contribution in [0.2, 0.25) is 0 Å². The number of oxazole rings is 1. The number of fused-ring (bicyclic) bond motifs is 1. The van der Waals surface area contributed by atoms with Gasteiger partial charge >= 0.3 is 0 Å². The fourth-order valence-corrected chi connectivity index (χ4v) is 2.72. The maximum absolute atomic E-state index is 14.1. The summed E-state index contributed by atoms with van der Waals surface area (Å²) in [6.45, 7) is 0.585. The number of aliphatic hydroxyl groups is 1. The van der Waals surface area contributed by atoms with E-state index >= 15 is 0 Å². The normalized spacial score (nSPS) is 20.7. The van der Waals surface area contributed by atoms with Crippen molar-refractivity contribution in [3.05, 3.63) is 35.5 Å². The Labute approximate surface area is 127 Å². The third-order valence-electron chi connectivity index (χ3n) is 4.26. The second-order valence-corrected chi connectivity index (χ2v) is 6.19. The van der Waals surface area contributed by atoms with Crippen molar-refractivity contribution in [1.29, 1.82) is 0 Å². The number of hydrogen-bond acceptors (Lipinski definition) is 4. The predicted octanol–water partition coefficient (Wildman–Crippen LogP) is 3.12. The smallest absolute Gasteiger partial charge is 0.226 e. The number of aryl methyl sites for hydroxylation is 1. The van der Waals surface area contributed by atoms with E-state index in [-0.39, 0.29) is 11.9 Å². The third kappa shape index (κ3) is 2.73. The molecule has 2 aliphatic carbocycles. The molecular formula is C17H18FNO3. The highest BCUT2D eigenvalue weighted by molar-refractivity contribution is 5.55. The topological polar surface area (TPSA) is 55.5 Å². The van der Waals surface area contributed by atoms with Gasteiger partial charge in [-0.15, -0.1) is 0 Å². The number of nitrogens with zero attached hydrogens (tertiary/aromatic N) is 1. The van der Waals surface area contributed by atoms with E-state index in [1.807, 2.05) is 0 Å². The summed E-state index contributed by atoms with van der Waals surface area (Å²) in [5, 5.41) is 9.66. The molecule has 1 saturated carbocycles. The molecule has 2 aromatic rings. The Bertz CT molecular complexity index is 693. The Hall–Kier alpha value is -1.88. The fourth-order valence-electron chi connectivity index (χ4n) is 2.72. The molecule has 0 spiro atoms. The van der Waals surface area contributed by atoms with E-state index in [2.05, 4.69) is 4.98 Å². The van der Waals surface area contributed by atoms with Crippen molar-refractivity contribution in [3.63, 3.8) is 0 Å². The molecule has 1 N–H and O–H groups in total. The largest absolute Gasteiger partial charge is 0.490 e. The summed E-state index contributed by atoms with van der Waals surface area (Å²) in [4.78, 5) is 4.43. The molecule has 2 aliphatic rings. The lowest BCUT2D eigenvalue weighted by molar-refractivity contribution is 0.150. The van der Waals surface area contributed by atoms with E-state index < -0.39 is 5.82 Å². The van der Waals surface area contributed by atoms with Gasteiger partial charge in [-0.2, -0.15) is 0 Å². The fraction of sp³-hybridized carbons (Fsp3) is 0.471. The third-order valence-corrected chi connectivity index (χ3v) is 4.26. The Kier molecular flexibility index (Phi) is 3.37. The number of aliphatic hydroxyl groups excluding tert-OH is 1. The first-order valence-electron chi connectivity index (χ1n) is 7.78. The highest BCUT2D eigenvalue weighted by Crippen LogP contribution is 2.32. The maximum Gasteiger partial charge on any atom is 0.226 e. The summed E-state index contributed by atoms with van der Waals surface area (Å²) in [5.41, 5.74) is 1.47. The monoisotopic (exact) mass is 303 g/mol. The number of aromatic nitrogens is 1. The molecule has 1 aromatic heterocycles. The molecular weight excluding hydrogens is 285 g/mol. The van der Waals surface area contributed by atoms with Crippen LogP contribution in [-0.4, -0.2) is 22.8 Å². The van der Waals surface area contributed by atoms with Gasteiger partial charge in [-0.3, -0.25) is 0 Å². The summed E-state index contributed by atoms with van der Waals surface area (Å²) in [7, 11) is 0. The van der Waals surface area contributed by atoms with Gasteiger partial charge in [-0.25, -0.2) is 9.37 Å². The average molecular weight is 303 g/mol. The van der Waals surface area contributed by atoms with Gasteiger partial charge in [0.05, 0.1) is 18.4 Å². The second kappa shape index (κ2) is 5.39. The lowest BCUT2D eigenvalue weighted by Gasteiger charge is -2.13. The van der Waals surface area contributed by atoms with Gasteiger partial charge in [0.2, 0.25) is 5.89 Å². The standard InChI is InChI=1S/C17H18FNO3/c18-13-7-11(3-6-15(13)21-9-10-1-2-10)17-19-14-5-4-12(20)8-16(14)22-17/h3,6-7,10,12,20H,1-2,4-5,8-9H2. The number of ether oxygens (including phenoxy) is 1. The Morgan fingerprint density at radius 3 is 2.95 bits per heavy atom. The second-order valence-electron chi connectivity index (χ2n) is 6.19. The van der Waals surface area contributed by atoms with Gasteiger partial charge in [-0.05, 0) is 49.8 Å². The molecule has 4 nitrogen and oxygen atoms in total. The number of benzene rings is 1. The van der Waals surface area contributed by atoms with Crippen molar-refractivity contribution >= 4 is 0 Å². The van der Waals surface area contributed by atoms with Crippen molar-refractivity contribution in [2.75, 3.05) is 6.61 Å². The van der Waals surface area contributed by atoms with Gasteiger partial charge in [0, 0.05) is 12.0 Å². The first-order chi connectivity index (χ1) is 10.7. The van der Waals surface area contributed by atoms with Gasteiger partial charge in [-0.1, -0.05) is 0 Å². The van der Waals surface area contributed by atoms with Crippen molar-refractivity contribution < 1.29 is 18.7 Å².